The minimum Gasteiger partial charge on any atom is -0.459 e. The fraction of sp³-hybridized carbons (Fsp3) is 0.946. The Bertz CT molecular complexity index is 1170. The third kappa shape index (κ3) is 9.33. The molecule has 3 rings (SSSR count). The summed E-state index contributed by atoms with van der Waals surface area (Å²) in [6, 6.07) is -0.324. The number of aliphatic hydroxyl groups is 5. The van der Waals surface area contributed by atoms with Crippen molar-refractivity contribution < 1.29 is 63.5 Å². The zero-order chi connectivity index (χ0) is 39.0. The van der Waals surface area contributed by atoms with E-state index in [4.69, 9.17) is 28.4 Å². The molecule has 5 N–H and O–H groups in total. The maximum atomic E-state index is 14.0. The number of ketones is 1. The van der Waals surface area contributed by atoms with E-state index < -0.39 is 108 Å². The molecule has 3 heterocycles. The summed E-state index contributed by atoms with van der Waals surface area (Å²) in [6.45, 7) is 16.4. The monoisotopic (exact) mass is 733 g/mol. The largest absolute Gasteiger partial charge is 0.459 e. The predicted molar refractivity (Wildman–Crippen MR) is 186 cm³/mol. The van der Waals surface area contributed by atoms with Gasteiger partial charge in [0.2, 0.25) is 0 Å². The van der Waals surface area contributed by atoms with Crippen LogP contribution in [-0.4, -0.2) is 148 Å². The summed E-state index contributed by atoms with van der Waals surface area (Å²) in [7, 11) is 5.18. The number of rotatable bonds is 7. The molecule has 0 spiro atoms. The second-order valence-corrected chi connectivity index (χ2v) is 16.3. The van der Waals surface area contributed by atoms with Crippen molar-refractivity contribution in [2.24, 2.45) is 23.7 Å². The molecule has 298 valence electrons. The first kappa shape index (κ1) is 44.1. The van der Waals surface area contributed by atoms with Gasteiger partial charge in [-0.15, -0.1) is 0 Å². The molecule has 0 bridgehead atoms. The lowest BCUT2D eigenvalue weighted by atomic mass is 9.73. The average molecular weight is 734 g/mol. The van der Waals surface area contributed by atoms with Gasteiger partial charge in [-0.2, -0.15) is 0 Å². The number of likely N-dealkylation sites (N-methyl/N-ethyl adjacent to an activating group) is 1. The van der Waals surface area contributed by atoms with Crippen LogP contribution >= 0.6 is 0 Å². The van der Waals surface area contributed by atoms with Crippen LogP contribution in [-0.2, 0) is 38.0 Å². The van der Waals surface area contributed by atoms with Gasteiger partial charge in [-0.3, -0.25) is 9.59 Å². The molecule has 0 amide bonds. The molecule has 0 saturated carbocycles. The molecule has 3 saturated heterocycles. The molecule has 51 heavy (non-hydrogen) atoms. The van der Waals surface area contributed by atoms with Gasteiger partial charge in [0.05, 0.1) is 47.6 Å². The van der Waals surface area contributed by atoms with Crippen molar-refractivity contribution in [1.29, 1.82) is 0 Å². The van der Waals surface area contributed by atoms with Crippen LogP contribution in [0.5, 0.6) is 0 Å². The second-order valence-electron chi connectivity index (χ2n) is 16.3. The summed E-state index contributed by atoms with van der Waals surface area (Å²) in [5.41, 5.74) is -4.81. The second kappa shape index (κ2) is 17.0. The number of ether oxygens (including phenoxy) is 6. The van der Waals surface area contributed by atoms with Crippen LogP contribution in [0, 0.1) is 23.7 Å². The minimum absolute atomic E-state index is 0.0191. The van der Waals surface area contributed by atoms with Crippen LogP contribution in [0.3, 0.4) is 0 Å². The summed E-state index contributed by atoms with van der Waals surface area (Å²) in [5.74, 6) is -4.98. The Morgan fingerprint density at radius 2 is 1.49 bits per heavy atom. The quantitative estimate of drug-likeness (QED) is 0.238. The van der Waals surface area contributed by atoms with Gasteiger partial charge in [-0.1, -0.05) is 27.7 Å². The van der Waals surface area contributed by atoms with Gasteiger partial charge < -0.3 is 58.9 Å². The van der Waals surface area contributed by atoms with E-state index in [-0.39, 0.29) is 31.4 Å². The summed E-state index contributed by atoms with van der Waals surface area (Å²) < 4.78 is 37.0. The highest BCUT2D eigenvalue weighted by Gasteiger charge is 2.53. The SMILES string of the molecule is CC[C@]1(O)[C@H](O)[C@@H](C)C(=O)[C@H](C)C[C@@](C)(O)[C@H](OC2OC(C)CC(N(C)C)C2O)[C@@H](C)[C@H](OC2CC(C)(OC)C(O)C(C)O2)[C@@H](C)C(=O)O[C@@H]1C. The van der Waals surface area contributed by atoms with E-state index in [0.29, 0.717) is 6.42 Å². The number of Topliss-reactive ketones (excluding diaryl/α,β-unsaturated/α-hetero) is 1. The Hall–Kier alpha value is -1.30. The standard InChI is InChI=1S/C37H67NO13/c1-14-37(45)24(8)49-33(43)22(6)29(50-26-17-36(10,46-13)31(42)23(7)48-26)21(5)32(35(9,44)16-18(2)27(39)20(4)30(37)41)51-34-28(40)25(38(11)12)15-19(3)47-34/h18-26,28-32,34,40-42,44-45H,14-17H2,1-13H3/t18-,19?,20+,21+,22-,23?,24-,25?,26?,28?,29+,30-,31?,32-,34?,35-,36?,37-/m1/s1. The Kier molecular flexibility index (Phi) is 14.7. The number of carbonyl (C=O) groups is 2. The van der Waals surface area contributed by atoms with E-state index in [9.17, 15) is 35.1 Å². The summed E-state index contributed by atoms with van der Waals surface area (Å²) in [6.07, 6.45) is -9.89. The molecule has 0 aromatic carbocycles. The van der Waals surface area contributed by atoms with Crippen LogP contribution in [0.15, 0.2) is 0 Å². The van der Waals surface area contributed by atoms with E-state index >= 15 is 0 Å². The third-order valence-electron chi connectivity index (χ3n) is 12.0. The Morgan fingerprint density at radius 1 is 0.882 bits per heavy atom. The molecule has 18 atom stereocenters. The van der Waals surface area contributed by atoms with Crippen LogP contribution < -0.4 is 0 Å². The van der Waals surface area contributed by atoms with E-state index in [1.807, 2.05) is 25.9 Å². The van der Waals surface area contributed by atoms with Crippen molar-refractivity contribution in [3.05, 3.63) is 0 Å². The lowest BCUT2D eigenvalue weighted by Gasteiger charge is -2.49. The highest BCUT2D eigenvalue weighted by atomic mass is 16.7. The Morgan fingerprint density at radius 3 is 2.04 bits per heavy atom. The molecule has 14 heteroatoms. The van der Waals surface area contributed by atoms with Gasteiger partial charge in [-0.05, 0) is 74.9 Å². The first-order chi connectivity index (χ1) is 23.4. The van der Waals surface area contributed by atoms with Crippen molar-refractivity contribution >= 4 is 11.8 Å². The molecular formula is C37H67NO13. The van der Waals surface area contributed by atoms with Crippen LogP contribution in [0.25, 0.3) is 0 Å². The van der Waals surface area contributed by atoms with E-state index in [1.54, 1.807) is 41.5 Å². The number of hydrogen-bond donors (Lipinski definition) is 5. The molecule has 3 fully saturated rings. The highest BCUT2D eigenvalue weighted by molar-refractivity contribution is 5.83. The molecule has 8 unspecified atom stereocenters. The van der Waals surface area contributed by atoms with Gasteiger partial charge in [0.25, 0.3) is 0 Å². The minimum atomic E-state index is -1.96. The van der Waals surface area contributed by atoms with E-state index in [1.165, 1.54) is 27.9 Å². The molecule has 0 aromatic rings. The normalized spacial score (nSPS) is 49.7. The molecule has 0 aliphatic carbocycles. The number of nitrogens with zero attached hydrogens (tertiary/aromatic N) is 1. The summed E-state index contributed by atoms with van der Waals surface area (Å²) in [5, 5.41) is 57.8. The van der Waals surface area contributed by atoms with E-state index in [0.717, 1.165) is 0 Å². The first-order valence-corrected chi connectivity index (χ1v) is 18.5. The van der Waals surface area contributed by atoms with Gasteiger partial charge >= 0.3 is 5.97 Å². The zero-order valence-electron chi connectivity index (χ0n) is 32.9. The fourth-order valence-electron chi connectivity index (χ4n) is 8.40. The molecule has 3 aliphatic heterocycles. The third-order valence-corrected chi connectivity index (χ3v) is 12.0. The van der Waals surface area contributed by atoms with Gasteiger partial charge in [0.15, 0.2) is 12.6 Å². The van der Waals surface area contributed by atoms with Gasteiger partial charge in [0, 0.05) is 37.3 Å². The van der Waals surface area contributed by atoms with Crippen molar-refractivity contribution in [2.75, 3.05) is 21.2 Å². The number of hydrogen-bond acceptors (Lipinski definition) is 14. The summed E-state index contributed by atoms with van der Waals surface area (Å²) >= 11 is 0. The number of methoxy groups -OCH3 is 1. The number of esters is 1. The number of cyclic esters (lactones) is 1. The molecule has 3 aliphatic rings. The van der Waals surface area contributed by atoms with E-state index in [2.05, 4.69) is 0 Å². The maximum Gasteiger partial charge on any atom is 0.311 e. The smallest absolute Gasteiger partial charge is 0.311 e. The van der Waals surface area contributed by atoms with Gasteiger partial charge in [0.1, 0.15) is 29.7 Å². The predicted octanol–water partition coefficient (Wildman–Crippen LogP) is 1.79. The topological polar surface area (TPSA) is 194 Å². The molecule has 0 aromatic heterocycles. The van der Waals surface area contributed by atoms with Crippen LogP contribution in [0.2, 0.25) is 0 Å². The van der Waals surface area contributed by atoms with Crippen molar-refractivity contribution in [1.82, 2.24) is 4.90 Å². The van der Waals surface area contributed by atoms with Crippen LogP contribution in [0.1, 0.15) is 94.9 Å². The molecular weight excluding hydrogens is 666 g/mol. The first-order valence-electron chi connectivity index (χ1n) is 18.5. The van der Waals surface area contributed by atoms with Crippen molar-refractivity contribution in [2.45, 2.75) is 179 Å². The zero-order valence-corrected chi connectivity index (χ0v) is 32.9. The Labute approximate surface area is 304 Å². The highest BCUT2D eigenvalue weighted by Crippen LogP contribution is 2.41. The fourth-order valence-corrected chi connectivity index (χ4v) is 8.40. The maximum absolute atomic E-state index is 14.0. The molecule has 0 radical (unpaired) electrons. The number of carbonyl (C=O) groups excluding carboxylic acids is 2. The lowest BCUT2D eigenvalue weighted by Crippen LogP contribution is -2.61. The lowest BCUT2D eigenvalue weighted by molar-refractivity contribution is -0.318. The number of aliphatic hydroxyl groups excluding tert-OH is 3. The van der Waals surface area contributed by atoms with Crippen molar-refractivity contribution in [3.8, 4) is 0 Å². The average Bonchev–Trinajstić information content (AvgIpc) is 3.06. The van der Waals surface area contributed by atoms with Crippen LogP contribution in [0.4, 0.5) is 0 Å². The summed E-state index contributed by atoms with van der Waals surface area (Å²) in [4.78, 5) is 29.7. The van der Waals surface area contributed by atoms with Crippen molar-refractivity contribution in [3.63, 3.8) is 0 Å². The van der Waals surface area contributed by atoms with Gasteiger partial charge in [-0.25, -0.2) is 0 Å². The Balaban J connectivity index is 2.18. The molecule has 14 nitrogen and oxygen atoms in total.